The van der Waals surface area contributed by atoms with E-state index in [2.05, 4.69) is 24.1 Å². The number of hydrogen-bond donors (Lipinski definition) is 1. The Morgan fingerprint density at radius 2 is 2.06 bits per heavy atom. The number of carbonyl (C=O) groups excluding carboxylic acids is 1. The molecule has 0 aromatic carbocycles. The average molecular weight is 252 g/mol. The molecule has 0 radical (unpaired) electrons. The van der Waals surface area contributed by atoms with E-state index < -0.39 is 0 Å². The van der Waals surface area contributed by atoms with Crippen molar-refractivity contribution in [2.45, 2.75) is 64.3 Å². The van der Waals surface area contributed by atoms with Crippen LogP contribution in [0, 0.1) is 5.92 Å². The molecule has 0 aliphatic carbocycles. The molecule has 1 N–H and O–H groups in total. The van der Waals surface area contributed by atoms with Gasteiger partial charge in [-0.25, -0.2) is 0 Å². The van der Waals surface area contributed by atoms with Gasteiger partial charge in [-0.05, 0) is 44.6 Å². The van der Waals surface area contributed by atoms with Crippen molar-refractivity contribution in [2.24, 2.45) is 5.92 Å². The van der Waals surface area contributed by atoms with E-state index in [1.54, 1.807) is 0 Å². The van der Waals surface area contributed by atoms with Gasteiger partial charge in [0.15, 0.2) is 0 Å². The van der Waals surface area contributed by atoms with Crippen LogP contribution >= 0.6 is 0 Å². The first-order valence-electron chi connectivity index (χ1n) is 7.76. The van der Waals surface area contributed by atoms with Crippen LogP contribution < -0.4 is 5.32 Å². The normalized spacial score (nSPS) is 29.8. The largest absolute Gasteiger partial charge is 0.341 e. The molecular weight excluding hydrogens is 224 g/mol. The minimum absolute atomic E-state index is 0.214. The van der Waals surface area contributed by atoms with E-state index in [-0.39, 0.29) is 5.54 Å². The van der Waals surface area contributed by atoms with Crippen LogP contribution in [-0.2, 0) is 4.79 Å². The smallest absolute Gasteiger partial charge is 0.242 e. The molecule has 1 unspecified atom stereocenters. The molecule has 2 heterocycles. The molecule has 0 spiro atoms. The van der Waals surface area contributed by atoms with Crippen molar-refractivity contribution < 1.29 is 4.79 Å². The Labute approximate surface area is 111 Å². The van der Waals surface area contributed by atoms with Crippen LogP contribution in [0.3, 0.4) is 0 Å². The monoisotopic (exact) mass is 252 g/mol. The summed E-state index contributed by atoms with van der Waals surface area (Å²) in [5, 5.41) is 3.50. The fourth-order valence-corrected chi connectivity index (χ4v) is 3.58. The van der Waals surface area contributed by atoms with Crippen LogP contribution in [0.4, 0.5) is 0 Å². The van der Waals surface area contributed by atoms with Crippen LogP contribution in [0.1, 0.15) is 58.8 Å². The predicted molar refractivity (Wildman–Crippen MR) is 74.5 cm³/mol. The van der Waals surface area contributed by atoms with Crippen LogP contribution in [0.2, 0.25) is 0 Å². The van der Waals surface area contributed by atoms with Crippen LogP contribution in [0.15, 0.2) is 0 Å². The first-order chi connectivity index (χ1) is 8.72. The maximum absolute atomic E-state index is 12.8. The summed E-state index contributed by atoms with van der Waals surface area (Å²) in [5.41, 5.74) is -0.214. The minimum atomic E-state index is -0.214. The van der Waals surface area contributed by atoms with Crippen molar-refractivity contribution in [3.8, 4) is 0 Å². The van der Waals surface area contributed by atoms with Crippen LogP contribution in [-0.4, -0.2) is 36.0 Å². The lowest BCUT2D eigenvalue weighted by atomic mass is 9.88. The molecule has 3 heteroatoms. The zero-order valence-electron chi connectivity index (χ0n) is 12.0. The summed E-state index contributed by atoms with van der Waals surface area (Å²) in [5.74, 6) is 1.23. The molecule has 1 amide bonds. The van der Waals surface area contributed by atoms with Gasteiger partial charge in [-0.3, -0.25) is 4.79 Å². The summed E-state index contributed by atoms with van der Waals surface area (Å²) in [6.45, 7) is 7.41. The number of rotatable bonds is 4. The van der Waals surface area contributed by atoms with Gasteiger partial charge in [0.05, 0.1) is 5.54 Å². The summed E-state index contributed by atoms with van der Waals surface area (Å²) in [6, 6.07) is 0. The van der Waals surface area contributed by atoms with Gasteiger partial charge >= 0.3 is 0 Å². The highest BCUT2D eigenvalue weighted by Crippen LogP contribution is 2.29. The Morgan fingerprint density at radius 1 is 1.33 bits per heavy atom. The van der Waals surface area contributed by atoms with Gasteiger partial charge in [0.1, 0.15) is 0 Å². The second-order valence-electron chi connectivity index (χ2n) is 6.01. The number of carbonyl (C=O) groups is 1. The first-order valence-corrected chi connectivity index (χ1v) is 7.76. The van der Waals surface area contributed by atoms with E-state index in [9.17, 15) is 4.79 Å². The van der Waals surface area contributed by atoms with Gasteiger partial charge in [-0.15, -0.1) is 0 Å². The van der Waals surface area contributed by atoms with Gasteiger partial charge in [-0.2, -0.15) is 0 Å². The maximum atomic E-state index is 12.8. The second kappa shape index (κ2) is 6.05. The van der Waals surface area contributed by atoms with E-state index in [4.69, 9.17) is 0 Å². The topological polar surface area (TPSA) is 32.3 Å². The lowest BCUT2D eigenvalue weighted by Crippen LogP contribution is -2.56. The highest BCUT2D eigenvalue weighted by Gasteiger charge is 2.42. The quantitative estimate of drug-likeness (QED) is 0.834. The molecule has 18 heavy (non-hydrogen) atoms. The Morgan fingerprint density at radius 3 is 2.56 bits per heavy atom. The molecule has 2 aliphatic rings. The SMILES string of the molecule is CCCC1(C(=O)N2CCC(CC)CC2)CCCN1. The molecule has 2 saturated heterocycles. The zero-order valence-corrected chi connectivity index (χ0v) is 12.0. The minimum Gasteiger partial charge on any atom is -0.341 e. The molecule has 104 valence electrons. The first kappa shape index (κ1) is 13.9. The van der Waals surface area contributed by atoms with Crippen LogP contribution in [0.25, 0.3) is 0 Å². The van der Waals surface area contributed by atoms with Crippen molar-refractivity contribution in [1.29, 1.82) is 0 Å². The number of nitrogens with one attached hydrogen (secondary N) is 1. The van der Waals surface area contributed by atoms with Gasteiger partial charge in [0.2, 0.25) is 5.91 Å². The van der Waals surface area contributed by atoms with Gasteiger partial charge in [0.25, 0.3) is 0 Å². The second-order valence-corrected chi connectivity index (χ2v) is 6.01. The van der Waals surface area contributed by atoms with E-state index in [1.165, 1.54) is 19.3 Å². The number of likely N-dealkylation sites (tertiary alicyclic amines) is 1. The fourth-order valence-electron chi connectivity index (χ4n) is 3.58. The Kier molecular flexibility index (Phi) is 4.66. The molecule has 2 aliphatic heterocycles. The van der Waals surface area contributed by atoms with E-state index >= 15 is 0 Å². The molecule has 0 bridgehead atoms. The standard InChI is InChI=1S/C15H28N2O/c1-3-8-15(9-5-10-16-15)14(18)17-11-6-13(4-2)7-12-17/h13,16H,3-12H2,1-2H3. The summed E-state index contributed by atoms with van der Waals surface area (Å²) in [7, 11) is 0. The van der Waals surface area contributed by atoms with Gasteiger partial charge < -0.3 is 10.2 Å². The number of piperidine rings is 1. The molecule has 1 atom stereocenters. The number of nitrogens with zero attached hydrogens (tertiary/aromatic N) is 1. The Hall–Kier alpha value is -0.570. The van der Waals surface area contributed by atoms with E-state index in [0.29, 0.717) is 5.91 Å². The highest BCUT2D eigenvalue weighted by molar-refractivity contribution is 5.86. The molecule has 0 aromatic heterocycles. The zero-order chi connectivity index (χ0) is 13.0. The van der Waals surface area contributed by atoms with Gasteiger partial charge in [-0.1, -0.05) is 26.7 Å². The van der Waals surface area contributed by atoms with Crippen molar-refractivity contribution >= 4 is 5.91 Å². The Balaban J connectivity index is 1.97. The number of hydrogen-bond acceptors (Lipinski definition) is 2. The average Bonchev–Trinajstić information content (AvgIpc) is 2.88. The Bertz CT molecular complexity index is 276. The van der Waals surface area contributed by atoms with Gasteiger partial charge in [0, 0.05) is 13.1 Å². The van der Waals surface area contributed by atoms with Crippen molar-refractivity contribution in [2.75, 3.05) is 19.6 Å². The third-order valence-corrected chi connectivity index (χ3v) is 4.81. The maximum Gasteiger partial charge on any atom is 0.242 e. The third kappa shape index (κ3) is 2.71. The summed E-state index contributed by atoms with van der Waals surface area (Å²) in [4.78, 5) is 14.9. The summed E-state index contributed by atoms with van der Waals surface area (Å²) < 4.78 is 0. The molecule has 0 aromatic rings. The third-order valence-electron chi connectivity index (χ3n) is 4.81. The molecule has 3 nitrogen and oxygen atoms in total. The van der Waals surface area contributed by atoms with Crippen molar-refractivity contribution in [1.82, 2.24) is 10.2 Å². The number of amides is 1. The van der Waals surface area contributed by atoms with E-state index in [0.717, 1.165) is 51.2 Å². The fraction of sp³-hybridized carbons (Fsp3) is 0.933. The van der Waals surface area contributed by atoms with Crippen molar-refractivity contribution in [3.63, 3.8) is 0 Å². The van der Waals surface area contributed by atoms with E-state index in [1.807, 2.05) is 0 Å². The molecular formula is C15H28N2O. The molecule has 2 fully saturated rings. The summed E-state index contributed by atoms with van der Waals surface area (Å²) in [6.07, 6.45) is 7.93. The van der Waals surface area contributed by atoms with Crippen molar-refractivity contribution in [3.05, 3.63) is 0 Å². The molecule has 0 saturated carbocycles. The molecule has 2 rings (SSSR count). The van der Waals surface area contributed by atoms with Crippen LogP contribution in [0.5, 0.6) is 0 Å². The lowest BCUT2D eigenvalue weighted by molar-refractivity contribution is -0.139. The summed E-state index contributed by atoms with van der Waals surface area (Å²) >= 11 is 0. The predicted octanol–water partition coefficient (Wildman–Crippen LogP) is 2.56. The lowest BCUT2D eigenvalue weighted by Gasteiger charge is -2.38. The highest BCUT2D eigenvalue weighted by atomic mass is 16.2.